The van der Waals surface area contributed by atoms with Gasteiger partial charge in [-0.2, -0.15) is 0 Å². The molecule has 0 N–H and O–H groups in total. The maximum absolute atomic E-state index is 13.8. The number of benzene rings is 2. The number of hydrogen-bond acceptors (Lipinski definition) is 7. The summed E-state index contributed by atoms with van der Waals surface area (Å²) in [5.41, 5.74) is 1.92. The summed E-state index contributed by atoms with van der Waals surface area (Å²) in [4.78, 5) is 32.1. The number of aromatic nitrogens is 1. The van der Waals surface area contributed by atoms with Crippen LogP contribution < -0.4 is 19.6 Å². The van der Waals surface area contributed by atoms with Crippen LogP contribution in [0, 0.1) is 0 Å². The number of allylic oxidation sites excluding steroid dienone is 1. The molecule has 2 aromatic carbocycles. The number of carbonyl (C=O) groups excluding carboxylic acids is 1. The summed E-state index contributed by atoms with van der Waals surface area (Å²) in [6.45, 7) is 5.31. The molecule has 1 unspecified atom stereocenters. The zero-order valence-electron chi connectivity index (χ0n) is 21.5. The molecule has 1 aliphatic heterocycles. The molecule has 10 heteroatoms. The van der Waals surface area contributed by atoms with E-state index in [1.54, 1.807) is 76.4 Å². The molecule has 1 aliphatic rings. The zero-order valence-corrected chi connectivity index (χ0v) is 23.9. The molecule has 0 amide bonds. The van der Waals surface area contributed by atoms with Crippen molar-refractivity contribution in [2.75, 3.05) is 7.11 Å². The van der Waals surface area contributed by atoms with Crippen molar-refractivity contribution >= 4 is 46.6 Å². The van der Waals surface area contributed by atoms with Crippen LogP contribution in [0.2, 0.25) is 10.0 Å². The largest absolute Gasteiger partial charge is 0.497 e. The third kappa shape index (κ3) is 5.32. The quantitative estimate of drug-likeness (QED) is 0.270. The van der Waals surface area contributed by atoms with Crippen LogP contribution in [-0.4, -0.2) is 23.8 Å². The molecule has 1 atom stereocenters. The number of rotatable bonds is 6. The van der Waals surface area contributed by atoms with Crippen LogP contribution in [-0.2, 0) is 9.53 Å². The van der Waals surface area contributed by atoms with E-state index >= 15 is 0 Å². The van der Waals surface area contributed by atoms with Gasteiger partial charge in [-0.05, 0) is 68.8 Å². The molecule has 0 saturated carbocycles. The SMILES string of the molecule is COc1ccc(C2C(C(=O)OC(C)C)=C(C)N=c3s/c(=C\c4ccc(-c5ccc(Cl)cc5Cl)o4)c(=O)n32)cc1. The maximum atomic E-state index is 13.8. The van der Waals surface area contributed by atoms with E-state index in [1.165, 1.54) is 15.9 Å². The van der Waals surface area contributed by atoms with Gasteiger partial charge in [0.25, 0.3) is 5.56 Å². The van der Waals surface area contributed by atoms with Gasteiger partial charge in [-0.15, -0.1) is 0 Å². The van der Waals surface area contributed by atoms with Crippen molar-refractivity contribution in [3.63, 3.8) is 0 Å². The topological polar surface area (TPSA) is 83.0 Å². The molecule has 0 aliphatic carbocycles. The number of halogens is 2. The minimum Gasteiger partial charge on any atom is -0.497 e. The number of furan rings is 1. The van der Waals surface area contributed by atoms with Gasteiger partial charge in [0.15, 0.2) is 4.80 Å². The molecule has 0 spiro atoms. The number of methoxy groups -OCH3 is 1. The normalized spacial score (nSPS) is 15.4. The molecule has 4 aromatic rings. The fourth-order valence-corrected chi connectivity index (χ4v) is 5.88. The van der Waals surface area contributed by atoms with Crippen molar-refractivity contribution in [3.8, 4) is 17.1 Å². The Balaban J connectivity index is 1.63. The van der Waals surface area contributed by atoms with Crippen molar-refractivity contribution < 1.29 is 18.7 Å². The Bertz CT molecular complexity index is 1780. The average molecular weight is 583 g/mol. The van der Waals surface area contributed by atoms with Crippen LogP contribution in [0.15, 0.2) is 80.1 Å². The summed E-state index contributed by atoms with van der Waals surface area (Å²) >= 11 is 13.6. The fraction of sp³-hybridized carbons (Fsp3) is 0.207. The van der Waals surface area contributed by atoms with Crippen molar-refractivity contribution in [2.45, 2.75) is 32.9 Å². The Kier molecular flexibility index (Phi) is 7.53. The highest BCUT2D eigenvalue weighted by atomic mass is 35.5. The van der Waals surface area contributed by atoms with Gasteiger partial charge in [-0.1, -0.05) is 46.7 Å². The lowest BCUT2D eigenvalue weighted by molar-refractivity contribution is -0.143. The second kappa shape index (κ2) is 10.9. The van der Waals surface area contributed by atoms with E-state index in [9.17, 15) is 9.59 Å². The second-order valence-electron chi connectivity index (χ2n) is 9.14. The van der Waals surface area contributed by atoms with Crippen LogP contribution in [0.25, 0.3) is 17.4 Å². The molecule has 0 fully saturated rings. The van der Waals surface area contributed by atoms with E-state index in [0.717, 1.165) is 5.56 Å². The van der Waals surface area contributed by atoms with E-state index in [0.29, 0.717) is 53.5 Å². The first-order valence-corrected chi connectivity index (χ1v) is 13.7. The molecule has 0 bridgehead atoms. The van der Waals surface area contributed by atoms with Crippen molar-refractivity contribution in [2.24, 2.45) is 4.99 Å². The Labute approximate surface area is 238 Å². The van der Waals surface area contributed by atoms with Gasteiger partial charge in [0, 0.05) is 16.7 Å². The van der Waals surface area contributed by atoms with Crippen LogP contribution in [0.5, 0.6) is 5.75 Å². The number of hydrogen-bond donors (Lipinski definition) is 0. The standard InChI is InChI=1S/C29H24Cl2N2O5S/c1-15(2)37-28(35)25-16(3)32-29-33(26(25)17-5-8-19(36-4)9-6-17)27(34)24(39-29)14-20-10-12-23(38-20)21-11-7-18(30)13-22(21)31/h5-15,26H,1-4H3/b24-14-. The molecule has 2 aromatic heterocycles. The lowest BCUT2D eigenvalue weighted by atomic mass is 9.96. The summed E-state index contributed by atoms with van der Waals surface area (Å²) < 4.78 is 18.8. The molecule has 5 rings (SSSR count). The number of carbonyl (C=O) groups is 1. The van der Waals surface area contributed by atoms with E-state index in [-0.39, 0.29) is 11.7 Å². The Morgan fingerprint density at radius 2 is 1.87 bits per heavy atom. The summed E-state index contributed by atoms with van der Waals surface area (Å²) in [6, 6.07) is 15.2. The molecule has 0 saturated heterocycles. The van der Waals surface area contributed by atoms with Gasteiger partial charge in [0.1, 0.15) is 17.3 Å². The first-order valence-electron chi connectivity index (χ1n) is 12.1. The average Bonchev–Trinajstić information content (AvgIpc) is 3.47. The minimum atomic E-state index is -0.722. The van der Waals surface area contributed by atoms with Crippen LogP contribution in [0.3, 0.4) is 0 Å². The van der Waals surface area contributed by atoms with Crippen molar-refractivity contribution in [1.29, 1.82) is 0 Å². The molecule has 3 heterocycles. The fourth-order valence-electron chi connectivity index (χ4n) is 4.36. The van der Waals surface area contributed by atoms with Gasteiger partial charge in [0.2, 0.25) is 0 Å². The monoisotopic (exact) mass is 582 g/mol. The number of nitrogens with zero attached hydrogens (tertiary/aromatic N) is 2. The first-order chi connectivity index (χ1) is 18.7. The van der Waals surface area contributed by atoms with E-state index < -0.39 is 12.0 Å². The molecule has 7 nitrogen and oxygen atoms in total. The Morgan fingerprint density at radius 1 is 1.13 bits per heavy atom. The number of ether oxygens (including phenoxy) is 2. The second-order valence-corrected chi connectivity index (χ2v) is 11.0. The summed E-state index contributed by atoms with van der Waals surface area (Å²) in [7, 11) is 1.58. The van der Waals surface area contributed by atoms with Crippen molar-refractivity contribution in [3.05, 3.63) is 107 Å². The molecule has 0 radical (unpaired) electrons. The maximum Gasteiger partial charge on any atom is 0.338 e. The number of fused-ring (bicyclic) bond motifs is 1. The summed E-state index contributed by atoms with van der Waals surface area (Å²) in [6.07, 6.45) is 1.33. The van der Waals surface area contributed by atoms with E-state index in [4.69, 9.17) is 37.1 Å². The smallest absolute Gasteiger partial charge is 0.338 e. The number of thiazole rings is 1. The number of esters is 1. The lowest BCUT2D eigenvalue weighted by Gasteiger charge is -2.25. The van der Waals surface area contributed by atoms with Gasteiger partial charge in [-0.3, -0.25) is 9.36 Å². The Morgan fingerprint density at radius 3 is 2.54 bits per heavy atom. The van der Waals surface area contributed by atoms with Crippen LogP contribution in [0.4, 0.5) is 0 Å². The van der Waals surface area contributed by atoms with E-state index in [1.807, 2.05) is 12.1 Å². The first kappa shape index (κ1) is 27.0. The molecular formula is C29H24Cl2N2O5S. The molecular weight excluding hydrogens is 559 g/mol. The third-order valence-electron chi connectivity index (χ3n) is 6.11. The molecule has 200 valence electrons. The van der Waals surface area contributed by atoms with Crippen molar-refractivity contribution in [1.82, 2.24) is 4.57 Å². The zero-order chi connectivity index (χ0) is 27.8. The Hall–Kier alpha value is -3.59. The van der Waals surface area contributed by atoms with Crippen LogP contribution >= 0.6 is 34.5 Å². The lowest BCUT2D eigenvalue weighted by Crippen LogP contribution is -2.40. The van der Waals surface area contributed by atoms with Crippen LogP contribution in [0.1, 0.15) is 38.1 Å². The highest BCUT2D eigenvalue weighted by Crippen LogP contribution is 2.33. The van der Waals surface area contributed by atoms with Gasteiger partial charge in [-0.25, -0.2) is 9.79 Å². The summed E-state index contributed by atoms with van der Waals surface area (Å²) in [5.74, 6) is 1.16. The third-order valence-corrected chi connectivity index (χ3v) is 7.64. The predicted molar refractivity (Wildman–Crippen MR) is 152 cm³/mol. The predicted octanol–water partition coefficient (Wildman–Crippen LogP) is 5.76. The highest BCUT2D eigenvalue weighted by molar-refractivity contribution is 7.07. The van der Waals surface area contributed by atoms with E-state index in [2.05, 4.69) is 4.99 Å². The van der Waals surface area contributed by atoms with Gasteiger partial charge >= 0.3 is 5.97 Å². The van der Waals surface area contributed by atoms with Gasteiger partial charge in [0.05, 0.1) is 40.1 Å². The van der Waals surface area contributed by atoms with Gasteiger partial charge < -0.3 is 13.9 Å². The summed E-state index contributed by atoms with van der Waals surface area (Å²) in [5, 5.41) is 0.980. The highest BCUT2D eigenvalue weighted by Gasteiger charge is 2.33. The molecule has 39 heavy (non-hydrogen) atoms. The minimum absolute atomic E-state index is 0.301.